The summed E-state index contributed by atoms with van der Waals surface area (Å²) in [6.07, 6.45) is 14.5. The SMILES string of the molecule is C=CC1NC2C=CC=C3C=CCC(N1)C32. The molecule has 2 N–H and O–H groups in total. The molecule has 0 saturated carbocycles. The van der Waals surface area contributed by atoms with E-state index < -0.39 is 0 Å². The number of rotatable bonds is 1. The van der Waals surface area contributed by atoms with Gasteiger partial charge in [0.25, 0.3) is 0 Å². The van der Waals surface area contributed by atoms with Gasteiger partial charge in [-0.1, -0.05) is 36.5 Å². The van der Waals surface area contributed by atoms with Gasteiger partial charge in [-0.2, -0.15) is 0 Å². The Morgan fingerprint density at radius 3 is 3.20 bits per heavy atom. The third-order valence-corrected chi connectivity index (χ3v) is 3.51. The Kier molecular flexibility index (Phi) is 2.11. The summed E-state index contributed by atoms with van der Waals surface area (Å²) < 4.78 is 0. The second-order valence-electron chi connectivity index (χ2n) is 4.39. The summed E-state index contributed by atoms with van der Waals surface area (Å²) in [5.74, 6) is 0.594. The van der Waals surface area contributed by atoms with Gasteiger partial charge in [-0.25, -0.2) is 0 Å². The second-order valence-corrected chi connectivity index (χ2v) is 4.39. The van der Waals surface area contributed by atoms with E-state index >= 15 is 0 Å². The maximum Gasteiger partial charge on any atom is 0.0768 e. The minimum absolute atomic E-state index is 0.242. The van der Waals surface area contributed by atoms with Gasteiger partial charge in [-0.15, -0.1) is 6.58 Å². The first kappa shape index (κ1) is 9.13. The highest BCUT2D eigenvalue weighted by molar-refractivity contribution is 5.38. The fraction of sp³-hybridized carbons (Fsp3) is 0.385. The monoisotopic (exact) mass is 200 g/mol. The van der Waals surface area contributed by atoms with Crippen molar-refractivity contribution in [3.05, 3.63) is 48.6 Å². The molecule has 1 heterocycles. The largest absolute Gasteiger partial charge is 0.295 e. The Morgan fingerprint density at radius 2 is 2.33 bits per heavy atom. The zero-order chi connectivity index (χ0) is 10.3. The fourth-order valence-corrected chi connectivity index (χ4v) is 2.82. The molecule has 4 atom stereocenters. The van der Waals surface area contributed by atoms with Gasteiger partial charge < -0.3 is 0 Å². The molecule has 78 valence electrons. The smallest absolute Gasteiger partial charge is 0.0768 e. The zero-order valence-electron chi connectivity index (χ0n) is 8.69. The van der Waals surface area contributed by atoms with Crippen molar-refractivity contribution in [1.82, 2.24) is 10.6 Å². The lowest BCUT2D eigenvalue weighted by Crippen LogP contribution is -2.63. The summed E-state index contributed by atoms with van der Waals surface area (Å²) in [5.41, 5.74) is 1.45. The van der Waals surface area contributed by atoms with E-state index in [0.29, 0.717) is 18.0 Å². The molecule has 4 unspecified atom stereocenters. The van der Waals surface area contributed by atoms with Gasteiger partial charge >= 0.3 is 0 Å². The fourth-order valence-electron chi connectivity index (χ4n) is 2.82. The first-order chi connectivity index (χ1) is 7.38. The highest BCUT2D eigenvalue weighted by atomic mass is 15.2. The number of allylic oxidation sites excluding steroid dienone is 3. The van der Waals surface area contributed by atoms with Crippen LogP contribution in [0.3, 0.4) is 0 Å². The van der Waals surface area contributed by atoms with Crippen LogP contribution < -0.4 is 10.6 Å². The lowest BCUT2D eigenvalue weighted by Gasteiger charge is -2.45. The van der Waals surface area contributed by atoms with Crippen molar-refractivity contribution in [2.24, 2.45) is 5.92 Å². The second kappa shape index (κ2) is 3.47. The van der Waals surface area contributed by atoms with E-state index in [4.69, 9.17) is 0 Å². The summed E-state index contributed by atoms with van der Waals surface area (Å²) in [6.45, 7) is 3.85. The van der Waals surface area contributed by atoms with Crippen LogP contribution in [-0.2, 0) is 0 Å². The van der Waals surface area contributed by atoms with Gasteiger partial charge in [0, 0.05) is 18.0 Å². The summed E-state index contributed by atoms with van der Waals surface area (Å²) >= 11 is 0. The molecule has 0 aromatic carbocycles. The summed E-state index contributed by atoms with van der Waals surface area (Å²) in [7, 11) is 0. The summed E-state index contributed by atoms with van der Waals surface area (Å²) in [5, 5.41) is 7.12. The molecule has 1 aliphatic heterocycles. The van der Waals surface area contributed by atoms with Gasteiger partial charge in [0.05, 0.1) is 6.17 Å². The molecule has 0 aromatic heterocycles. The Balaban J connectivity index is 1.95. The van der Waals surface area contributed by atoms with Crippen LogP contribution in [0.25, 0.3) is 0 Å². The molecule has 0 bridgehead atoms. The van der Waals surface area contributed by atoms with E-state index in [1.54, 1.807) is 0 Å². The topological polar surface area (TPSA) is 24.1 Å². The Hall–Kier alpha value is -1.12. The molecular weight excluding hydrogens is 184 g/mol. The number of hydrogen-bond acceptors (Lipinski definition) is 2. The molecule has 0 aromatic rings. The molecule has 3 rings (SSSR count). The maximum absolute atomic E-state index is 3.85. The van der Waals surface area contributed by atoms with Crippen molar-refractivity contribution in [2.75, 3.05) is 0 Å². The van der Waals surface area contributed by atoms with Crippen LogP contribution in [-0.4, -0.2) is 18.2 Å². The Labute approximate surface area is 90.4 Å². The molecule has 0 amide bonds. The normalized spacial score (nSPS) is 42.0. The molecule has 2 heteroatoms. The lowest BCUT2D eigenvalue weighted by molar-refractivity contribution is 0.231. The van der Waals surface area contributed by atoms with Crippen molar-refractivity contribution in [2.45, 2.75) is 24.7 Å². The summed E-state index contributed by atoms with van der Waals surface area (Å²) in [6, 6.07) is 1.02. The highest BCUT2D eigenvalue weighted by Crippen LogP contribution is 2.33. The van der Waals surface area contributed by atoms with Gasteiger partial charge in [-0.3, -0.25) is 10.6 Å². The average Bonchev–Trinajstić information content (AvgIpc) is 2.29. The van der Waals surface area contributed by atoms with E-state index in [-0.39, 0.29) is 6.17 Å². The molecule has 1 saturated heterocycles. The van der Waals surface area contributed by atoms with E-state index in [0.717, 1.165) is 6.42 Å². The molecule has 3 aliphatic rings. The van der Waals surface area contributed by atoms with Gasteiger partial charge in [0.2, 0.25) is 0 Å². The standard InChI is InChI=1S/C13H16N2/c1-2-12-14-10-7-3-5-9-6-4-8-11(15-12)13(9)10/h2-7,10-15H,1,8H2. The first-order valence-electron chi connectivity index (χ1n) is 5.58. The van der Waals surface area contributed by atoms with Crippen LogP contribution in [0.1, 0.15) is 6.42 Å². The third kappa shape index (κ3) is 1.41. The predicted octanol–water partition coefficient (Wildman–Crippen LogP) is 1.50. The highest BCUT2D eigenvalue weighted by Gasteiger charge is 2.38. The van der Waals surface area contributed by atoms with Crippen LogP contribution in [0.5, 0.6) is 0 Å². The Bertz CT molecular complexity index is 365. The van der Waals surface area contributed by atoms with Crippen LogP contribution in [0.4, 0.5) is 0 Å². The van der Waals surface area contributed by atoms with Gasteiger partial charge in [-0.05, 0) is 12.0 Å². The van der Waals surface area contributed by atoms with Crippen LogP contribution in [0.15, 0.2) is 48.6 Å². The lowest BCUT2D eigenvalue weighted by atomic mass is 9.75. The summed E-state index contributed by atoms with van der Waals surface area (Å²) in [4.78, 5) is 0. The van der Waals surface area contributed by atoms with Crippen molar-refractivity contribution >= 4 is 0 Å². The van der Waals surface area contributed by atoms with E-state index in [9.17, 15) is 0 Å². The van der Waals surface area contributed by atoms with Crippen LogP contribution in [0, 0.1) is 5.92 Å². The molecule has 0 radical (unpaired) electrons. The predicted molar refractivity (Wildman–Crippen MR) is 62.3 cm³/mol. The molecule has 2 nitrogen and oxygen atoms in total. The minimum Gasteiger partial charge on any atom is -0.295 e. The van der Waals surface area contributed by atoms with Gasteiger partial charge in [0.1, 0.15) is 0 Å². The van der Waals surface area contributed by atoms with E-state index in [1.807, 2.05) is 6.08 Å². The third-order valence-electron chi connectivity index (χ3n) is 3.51. The van der Waals surface area contributed by atoms with Crippen LogP contribution in [0.2, 0.25) is 0 Å². The quantitative estimate of drug-likeness (QED) is 0.627. The molecular formula is C13H16N2. The van der Waals surface area contributed by atoms with E-state index in [1.165, 1.54) is 5.57 Å². The molecule has 15 heavy (non-hydrogen) atoms. The minimum atomic E-state index is 0.242. The first-order valence-corrected chi connectivity index (χ1v) is 5.58. The average molecular weight is 200 g/mol. The van der Waals surface area contributed by atoms with Gasteiger partial charge in [0.15, 0.2) is 0 Å². The van der Waals surface area contributed by atoms with Crippen LogP contribution >= 0.6 is 0 Å². The number of nitrogens with one attached hydrogen (secondary N) is 2. The van der Waals surface area contributed by atoms with Crippen molar-refractivity contribution in [3.63, 3.8) is 0 Å². The van der Waals surface area contributed by atoms with Crippen molar-refractivity contribution in [1.29, 1.82) is 0 Å². The van der Waals surface area contributed by atoms with Crippen molar-refractivity contribution in [3.8, 4) is 0 Å². The maximum atomic E-state index is 3.85. The van der Waals surface area contributed by atoms with E-state index in [2.05, 4.69) is 47.6 Å². The zero-order valence-corrected chi connectivity index (χ0v) is 8.69. The van der Waals surface area contributed by atoms with Crippen molar-refractivity contribution < 1.29 is 0 Å². The Morgan fingerprint density at radius 1 is 1.40 bits per heavy atom. The molecule has 0 spiro atoms. The molecule has 2 aliphatic carbocycles. The molecule has 1 fully saturated rings. The number of hydrogen-bond donors (Lipinski definition) is 2.